The Morgan fingerprint density at radius 2 is 2.33 bits per heavy atom. The van der Waals surface area contributed by atoms with E-state index in [0.29, 0.717) is 22.7 Å². The molecule has 0 bridgehead atoms. The van der Waals surface area contributed by atoms with E-state index in [4.69, 9.17) is 9.84 Å². The van der Waals surface area contributed by atoms with Crippen LogP contribution in [0.4, 0.5) is 0 Å². The molecule has 3 nitrogen and oxygen atoms in total. The molecule has 0 aliphatic rings. The van der Waals surface area contributed by atoms with Crippen LogP contribution in [0.5, 0.6) is 5.88 Å². The van der Waals surface area contributed by atoms with Crippen LogP contribution in [0.25, 0.3) is 0 Å². The predicted octanol–water partition coefficient (Wildman–Crippen LogP) is 1.74. The summed E-state index contributed by atoms with van der Waals surface area (Å²) in [7, 11) is 0. The first-order valence-corrected chi connectivity index (χ1v) is 4.46. The van der Waals surface area contributed by atoms with Gasteiger partial charge in [-0.05, 0) is 35.0 Å². The molecular weight excluding hydrogens is 222 g/mol. The first kappa shape index (κ1) is 9.48. The average Bonchev–Trinajstić information content (AvgIpc) is 2.05. The van der Waals surface area contributed by atoms with Crippen molar-refractivity contribution < 1.29 is 9.84 Å². The van der Waals surface area contributed by atoms with Gasteiger partial charge in [0.1, 0.15) is 4.60 Å². The summed E-state index contributed by atoms with van der Waals surface area (Å²) in [4.78, 5) is 4.07. The Morgan fingerprint density at radius 1 is 1.58 bits per heavy atom. The first-order chi connectivity index (χ1) is 5.77. The molecule has 0 saturated carbocycles. The third-order valence-corrected chi connectivity index (χ3v) is 1.80. The number of hydrogen-bond acceptors (Lipinski definition) is 3. The summed E-state index contributed by atoms with van der Waals surface area (Å²) < 4.78 is 5.92. The van der Waals surface area contributed by atoms with Crippen molar-refractivity contribution in [2.24, 2.45) is 0 Å². The Bertz CT molecular complexity index is 265. The Balaban J connectivity index is 2.95. The van der Waals surface area contributed by atoms with E-state index in [1.807, 2.05) is 6.92 Å². The summed E-state index contributed by atoms with van der Waals surface area (Å²) in [6, 6.07) is 3.55. The van der Waals surface area contributed by atoms with Crippen molar-refractivity contribution in [2.75, 3.05) is 6.61 Å². The van der Waals surface area contributed by atoms with E-state index in [1.165, 1.54) is 0 Å². The zero-order valence-corrected chi connectivity index (χ0v) is 8.34. The average molecular weight is 232 g/mol. The van der Waals surface area contributed by atoms with Crippen molar-refractivity contribution in [1.29, 1.82) is 0 Å². The standard InChI is InChI=1S/C8H10BrNO2/c1-2-12-8-6(5-11)3-4-7(9)10-8/h3-4,11H,2,5H2,1H3. The number of nitrogens with zero attached hydrogens (tertiary/aromatic N) is 1. The van der Waals surface area contributed by atoms with Gasteiger partial charge in [-0.15, -0.1) is 0 Å². The van der Waals surface area contributed by atoms with E-state index in [9.17, 15) is 0 Å². The molecular formula is C8H10BrNO2. The molecule has 4 heteroatoms. The number of pyridine rings is 1. The molecule has 0 aliphatic carbocycles. The molecule has 1 aromatic heterocycles. The number of ether oxygens (including phenoxy) is 1. The highest BCUT2D eigenvalue weighted by Crippen LogP contribution is 2.18. The lowest BCUT2D eigenvalue weighted by Gasteiger charge is -2.06. The fourth-order valence-electron chi connectivity index (χ4n) is 0.829. The van der Waals surface area contributed by atoms with Crippen LogP contribution in [0.2, 0.25) is 0 Å². The van der Waals surface area contributed by atoms with Gasteiger partial charge in [0, 0.05) is 5.56 Å². The topological polar surface area (TPSA) is 42.4 Å². The number of rotatable bonds is 3. The molecule has 0 fully saturated rings. The molecule has 0 atom stereocenters. The minimum Gasteiger partial charge on any atom is -0.478 e. The van der Waals surface area contributed by atoms with Crippen molar-refractivity contribution in [2.45, 2.75) is 13.5 Å². The summed E-state index contributed by atoms with van der Waals surface area (Å²) in [5, 5.41) is 8.90. The molecule has 0 amide bonds. The highest BCUT2D eigenvalue weighted by Gasteiger charge is 2.03. The van der Waals surface area contributed by atoms with Gasteiger partial charge in [0.15, 0.2) is 0 Å². The SMILES string of the molecule is CCOc1nc(Br)ccc1CO. The van der Waals surface area contributed by atoms with Crippen LogP contribution >= 0.6 is 15.9 Å². The zero-order valence-electron chi connectivity index (χ0n) is 6.75. The molecule has 1 aromatic rings. The van der Waals surface area contributed by atoms with Crippen molar-refractivity contribution in [3.05, 3.63) is 22.3 Å². The van der Waals surface area contributed by atoms with Crippen molar-refractivity contribution in [3.8, 4) is 5.88 Å². The fraction of sp³-hybridized carbons (Fsp3) is 0.375. The summed E-state index contributed by atoms with van der Waals surface area (Å²) in [6.07, 6.45) is 0. The molecule has 1 rings (SSSR count). The van der Waals surface area contributed by atoms with Gasteiger partial charge in [-0.25, -0.2) is 4.98 Å². The lowest BCUT2D eigenvalue weighted by molar-refractivity contribution is 0.262. The molecule has 0 aliphatic heterocycles. The lowest BCUT2D eigenvalue weighted by atomic mass is 10.3. The van der Waals surface area contributed by atoms with Gasteiger partial charge in [-0.1, -0.05) is 0 Å². The number of hydrogen-bond donors (Lipinski definition) is 1. The molecule has 1 N–H and O–H groups in total. The van der Waals surface area contributed by atoms with Gasteiger partial charge >= 0.3 is 0 Å². The maximum Gasteiger partial charge on any atom is 0.219 e. The zero-order chi connectivity index (χ0) is 8.97. The van der Waals surface area contributed by atoms with Crippen molar-refractivity contribution in [1.82, 2.24) is 4.98 Å². The number of aliphatic hydroxyl groups is 1. The van der Waals surface area contributed by atoms with E-state index in [0.717, 1.165) is 0 Å². The minimum atomic E-state index is -0.0460. The monoisotopic (exact) mass is 231 g/mol. The highest BCUT2D eigenvalue weighted by molar-refractivity contribution is 9.10. The summed E-state index contributed by atoms with van der Waals surface area (Å²) in [5.74, 6) is 0.495. The fourth-order valence-corrected chi connectivity index (χ4v) is 1.12. The largest absolute Gasteiger partial charge is 0.478 e. The van der Waals surface area contributed by atoms with Crippen molar-refractivity contribution >= 4 is 15.9 Å². The Kier molecular flexibility index (Phi) is 3.49. The van der Waals surface area contributed by atoms with Crippen LogP contribution in [-0.4, -0.2) is 16.7 Å². The smallest absolute Gasteiger partial charge is 0.219 e. The molecule has 0 aromatic carbocycles. The second kappa shape index (κ2) is 4.42. The molecule has 1 heterocycles. The molecule has 0 spiro atoms. The van der Waals surface area contributed by atoms with Crippen molar-refractivity contribution in [3.63, 3.8) is 0 Å². The maximum atomic E-state index is 8.90. The van der Waals surface area contributed by atoms with Gasteiger partial charge in [-0.2, -0.15) is 0 Å². The summed E-state index contributed by atoms with van der Waals surface area (Å²) in [5.41, 5.74) is 0.708. The summed E-state index contributed by atoms with van der Waals surface area (Å²) >= 11 is 3.22. The molecule has 12 heavy (non-hydrogen) atoms. The Morgan fingerprint density at radius 3 is 2.92 bits per heavy atom. The van der Waals surface area contributed by atoms with Gasteiger partial charge in [-0.3, -0.25) is 0 Å². The van der Waals surface area contributed by atoms with E-state index in [-0.39, 0.29) is 6.61 Å². The van der Waals surface area contributed by atoms with E-state index in [2.05, 4.69) is 20.9 Å². The van der Waals surface area contributed by atoms with Crippen LogP contribution in [-0.2, 0) is 6.61 Å². The second-order valence-corrected chi connectivity index (χ2v) is 3.00. The van der Waals surface area contributed by atoms with Crippen LogP contribution in [0.3, 0.4) is 0 Å². The molecule has 0 saturated heterocycles. The second-order valence-electron chi connectivity index (χ2n) is 2.19. The van der Waals surface area contributed by atoms with E-state index in [1.54, 1.807) is 12.1 Å². The molecule has 0 radical (unpaired) electrons. The predicted molar refractivity (Wildman–Crippen MR) is 49.0 cm³/mol. The normalized spacial score (nSPS) is 9.92. The lowest BCUT2D eigenvalue weighted by Crippen LogP contribution is -1.99. The number of aliphatic hydroxyl groups excluding tert-OH is 1. The third kappa shape index (κ3) is 2.19. The summed E-state index contributed by atoms with van der Waals surface area (Å²) in [6.45, 7) is 2.38. The van der Waals surface area contributed by atoms with E-state index >= 15 is 0 Å². The van der Waals surface area contributed by atoms with Gasteiger partial charge in [0.2, 0.25) is 5.88 Å². The van der Waals surface area contributed by atoms with Crippen LogP contribution in [0, 0.1) is 0 Å². The minimum absolute atomic E-state index is 0.0460. The number of aromatic nitrogens is 1. The van der Waals surface area contributed by atoms with Crippen LogP contribution in [0.15, 0.2) is 16.7 Å². The van der Waals surface area contributed by atoms with Crippen LogP contribution in [0.1, 0.15) is 12.5 Å². The van der Waals surface area contributed by atoms with Gasteiger partial charge < -0.3 is 9.84 Å². The van der Waals surface area contributed by atoms with Gasteiger partial charge in [0.25, 0.3) is 0 Å². The maximum absolute atomic E-state index is 8.90. The van der Waals surface area contributed by atoms with E-state index < -0.39 is 0 Å². The Hall–Kier alpha value is -0.610. The molecule has 0 unspecified atom stereocenters. The first-order valence-electron chi connectivity index (χ1n) is 3.67. The van der Waals surface area contributed by atoms with Gasteiger partial charge in [0.05, 0.1) is 13.2 Å². The molecule has 66 valence electrons. The van der Waals surface area contributed by atoms with Crippen LogP contribution < -0.4 is 4.74 Å². The highest BCUT2D eigenvalue weighted by atomic mass is 79.9. The number of halogens is 1. The third-order valence-electron chi connectivity index (χ3n) is 1.36. The Labute approximate surface area is 79.5 Å². The quantitative estimate of drug-likeness (QED) is 0.807.